The van der Waals surface area contributed by atoms with Crippen LogP contribution in [0.4, 0.5) is 0 Å². The molecule has 4 rings (SSSR count). The normalized spacial score (nSPS) is 11.2. The van der Waals surface area contributed by atoms with E-state index >= 15 is 0 Å². The van der Waals surface area contributed by atoms with Crippen molar-refractivity contribution >= 4 is 11.0 Å². The Morgan fingerprint density at radius 1 is 1.04 bits per heavy atom. The summed E-state index contributed by atoms with van der Waals surface area (Å²) in [6, 6.07) is 14.6. The van der Waals surface area contributed by atoms with Gasteiger partial charge in [-0.3, -0.25) is 4.57 Å². The van der Waals surface area contributed by atoms with Gasteiger partial charge in [-0.1, -0.05) is 19.1 Å². The Morgan fingerprint density at radius 2 is 1.96 bits per heavy atom. The second kappa shape index (κ2) is 6.91. The summed E-state index contributed by atoms with van der Waals surface area (Å²) in [5, 5.41) is 0. The molecule has 2 heterocycles. The number of hydrogen-bond acceptors (Lipinski definition) is 3. The lowest BCUT2D eigenvalue weighted by atomic mass is 10.2. The summed E-state index contributed by atoms with van der Waals surface area (Å²) < 4.78 is 9.72. The minimum Gasteiger partial charge on any atom is -0.377 e. The van der Waals surface area contributed by atoms with Crippen LogP contribution in [0.1, 0.15) is 18.9 Å². The summed E-state index contributed by atoms with van der Waals surface area (Å²) in [6.45, 7) is 3.53. The SMILES string of the molecule is CCCOCc1ccc2c(c1)ncn2-c1cccc(-n2ccnc2)c1. The minimum absolute atomic E-state index is 0.632. The lowest BCUT2D eigenvalue weighted by Crippen LogP contribution is -1.96. The van der Waals surface area contributed by atoms with Gasteiger partial charge in [0, 0.05) is 30.4 Å². The zero-order chi connectivity index (χ0) is 17.1. The molecule has 0 unspecified atom stereocenters. The fraction of sp³-hybridized carbons (Fsp3) is 0.200. The smallest absolute Gasteiger partial charge is 0.100 e. The Labute approximate surface area is 146 Å². The highest BCUT2D eigenvalue weighted by Crippen LogP contribution is 2.21. The van der Waals surface area contributed by atoms with Gasteiger partial charge in [-0.05, 0) is 42.3 Å². The summed E-state index contributed by atoms with van der Waals surface area (Å²) in [5.74, 6) is 0. The van der Waals surface area contributed by atoms with Gasteiger partial charge in [0.15, 0.2) is 0 Å². The molecule has 5 heteroatoms. The summed E-state index contributed by atoms with van der Waals surface area (Å²) >= 11 is 0. The molecule has 0 bridgehead atoms. The topological polar surface area (TPSA) is 44.9 Å². The molecule has 0 fully saturated rings. The van der Waals surface area contributed by atoms with Crippen molar-refractivity contribution in [2.75, 3.05) is 6.61 Å². The molecule has 0 amide bonds. The van der Waals surface area contributed by atoms with Crippen molar-refractivity contribution in [3.8, 4) is 11.4 Å². The van der Waals surface area contributed by atoms with Crippen LogP contribution < -0.4 is 0 Å². The first-order valence-electron chi connectivity index (χ1n) is 8.47. The van der Waals surface area contributed by atoms with Crippen LogP contribution in [0, 0.1) is 0 Å². The highest BCUT2D eigenvalue weighted by atomic mass is 16.5. The van der Waals surface area contributed by atoms with E-state index in [9.17, 15) is 0 Å². The Morgan fingerprint density at radius 3 is 2.80 bits per heavy atom. The van der Waals surface area contributed by atoms with Crippen molar-refractivity contribution in [3.63, 3.8) is 0 Å². The highest BCUT2D eigenvalue weighted by molar-refractivity contribution is 5.78. The molecule has 0 aliphatic rings. The zero-order valence-electron chi connectivity index (χ0n) is 14.2. The van der Waals surface area contributed by atoms with Crippen LogP contribution in [0.2, 0.25) is 0 Å². The third-order valence-corrected chi connectivity index (χ3v) is 4.14. The van der Waals surface area contributed by atoms with E-state index in [1.165, 1.54) is 0 Å². The maximum Gasteiger partial charge on any atom is 0.100 e. The average Bonchev–Trinajstić information content (AvgIpc) is 3.32. The zero-order valence-corrected chi connectivity index (χ0v) is 14.2. The van der Waals surface area contributed by atoms with E-state index in [1.54, 1.807) is 12.5 Å². The van der Waals surface area contributed by atoms with E-state index < -0.39 is 0 Å². The molecule has 0 spiro atoms. The number of aromatic nitrogens is 4. The van der Waals surface area contributed by atoms with E-state index in [0.29, 0.717) is 6.61 Å². The summed E-state index contributed by atoms with van der Waals surface area (Å²) in [7, 11) is 0. The van der Waals surface area contributed by atoms with Gasteiger partial charge in [-0.2, -0.15) is 0 Å². The number of imidazole rings is 2. The Hall–Kier alpha value is -2.92. The molecule has 0 N–H and O–H groups in total. The van der Waals surface area contributed by atoms with Crippen LogP contribution in [0.15, 0.2) is 67.5 Å². The monoisotopic (exact) mass is 332 g/mol. The number of benzene rings is 2. The largest absolute Gasteiger partial charge is 0.377 e. The van der Waals surface area contributed by atoms with Crippen LogP contribution in [0.25, 0.3) is 22.4 Å². The van der Waals surface area contributed by atoms with Crippen molar-refractivity contribution in [2.45, 2.75) is 20.0 Å². The van der Waals surface area contributed by atoms with Crippen molar-refractivity contribution in [1.29, 1.82) is 0 Å². The Kier molecular flexibility index (Phi) is 4.31. The van der Waals surface area contributed by atoms with Crippen molar-refractivity contribution in [1.82, 2.24) is 19.1 Å². The summed E-state index contributed by atoms with van der Waals surface area (Å²) in [4.78, 5) is 8.68. The minimum atomic E-state index is 0.632. The predicted molar refractivity (Wildman–Crippen MR) is 98.1 cm³/mol. The van der Waals surface area contributed by atoms with Gasteiger partial charge in [0.2, 0.25) is 0 Å². The Balaban J connectivity index is 1.67. The number of ether oxygens (including phenoxy) is 1. The van der Waals surface area contributed by atoms with Gasteiger partial charge in [0.25, 0.3) is 0 Å². The first-order valence-corrected chi connectivity index (χ1v) is 8.47. The molecule has 0 atom stereocenters. The van der Waals surface area contributed by atoms with E-state index in [0.717, 1.165) is 41.0 Å². The maximum atomic E-state index is 5.62. The van der Waals surface area contributed by atoms with Gasteiger partial charge in [-0.15, -0.1) is 0 Å². The standard InChI is InChI=1S/C20H20N4O/c1-2-10-25-13-16-6-7-20-19(11-16)22-15-24(20)18-5-3-4-17(12-18)23-9-8-21-14-23/h3-9,11-12,14-15H,2,10,13H2,1H3. The molecule has 5 nitrogen and oxygen atoms in total. The average molecular weight is 332 g/mol. The fourth-order valence-electron chi connectivity index (χ4n) is 2.90. The quantitative estimate of drug-likeness (QED) is 0.499. The van der Waals surface area contributed by atoms with Gasteiger partial charge in [0.1, 0.15) is 6.33 Å². The first kappa shape index (κ1) is 15.6. The number of nitrogens with zero attached hydrogens (tertiary/aromatic N) is 4. The van der Waals surface area contributed by atoms with Crippen LogP contribution in [0.5, 0.6) is 0 Å². The lowest BCUT2D eigenvalue weighted by molar-refractivity contribution is 0.121. The number of fused-ring (bicyclic) bond motifs is 1. The molecule has 4 aromatic rings. The van der Waals surface area contributed by atoms with Gasteiger partial charge in [0.05, 0.1) is 24.0 Å². The molecule has 25 heavy (non-hydrogen) atoms. The van der Waals surface area contributed by atoms with Gasteiger partial charge in [-0.25, -0.2) is 9.97 Å². The third kappa shape index (κ3) is 3.19. The van der Waals surface area contributed by atoms with Crippen molar-refractivity contribution in [3.05, 3.63) is 73.1 Å². The molecular formula is C20H20N4O. The molecular weight excluding hydrogens is 312 g/mol. The number of rotatable bonds is 6. The first-order chi connectivity index (χ1) is 12.3. The van der Waals surface area contributed by atoms with E-state index in [4.69, 9.17) is 4.74 Å². The van der Waals surface area contributed by atoms with Gasteiger partial charge < -0.3 is 9.30 Å². The van der Waals surface area contributed by atoms with Gasteiger partial charge >= 0.3 is 0 Å². The second-order valence-corrected chi connectivity index (χ2v) is 5.98. The predicted octanol–water partition coefficient (Wildman–Crippen LogP) is 4.14. The summed E-state index contributed by atoms with van der Waals surface area (Å²) in [5.41, 5.74) is 5.36. The van der Waals surface area contributed by atoms with Crippen molar-refractivity contribution in [2.24, 2.45) is 0 Å². The molecule has 126 valence electrons. The highest BCUT2D eigenvalue weighted by Gasteiger charge is 2.07. The molecule has 2 aromatic heterocycles. The molecule has 0 aliphatic heterocycles. The molecule has 0 saturated carbocycles. The molecule has 0 saturated heterocycles. The molecule has 0 aliphatic carbocycles. The maximum absolute atomic E-state index is 5.62. The lowest BCUT2D eigenvalue weighted by Gasteiger charge is -2.08. The van der Waals surface area contributed by atoms with Crippen LogP contribution in [-0.2, 0) is 11.3 Å². The van der Waals surface area contributed by atoms with Crippen molar-refractivity contribution < 1.29 is 4.74 Å². The fourth-order valence-corrected chi connectivity index (χ4v) is 2.90. The molecule has 0 radical (unpaired) electrons. The third-order valence-electron chi connectivity index (χ3n) is 4.14. The number of hydrogen-bond donors (Lipinski definition) is 0. The molecule has 2 aromatic carbocycles. The van der Waals surface area contributed by atoms with E-state index in [1.807, 2.05) is 23.2 Å². The Bertz CT molecular complexity index is 972. The van der Waals surface area contributed by atoms with Crippen LogP contribution in [0.3, 0.4) is 0 Å². The van der Waals surface area contributed by atoms with E-state index in [-0.39, 0.29) is 0 Å². The van der Waals surface area contributed by atoms with Crippen LogP contribution >= 0.6 is 0 Å². The van der Waals surface area contributed by atoms with Crippen LogP contribution in [-0.4, -0.2) is 25.7 Å². The second-order valence-electron chi connectivity index (χ2n) is 5.98. The van der Waals surface area contributed by atoms with E-state index in [2.05, 4.69) is 57.9 Å². The summed E-state index contributed by atoms with van der Waals surface area (Å²) in [6.07, 6.45) is 8.42.